The molecule has 0 bridgehead atoms. The summed E-state index contributed by atoms with van der Waals surface area (Å²) in [5, 5.41) is 10.4. The van der Waals surface area contributed by atoms with Crippen LogP contribution >= 0.6 is 0 Å². The summed E-state index contributed by atoms with van der Waals surface area (Å²) in [6.07, 6.45) is 2.40. The fourth-order valence-corrected chi connectivity index (χ4v) is 3.08. The van der Waals surface area contributed by atoms with Crippen LogP contribution in [-0.4, -0.2) is 34.0 Å². The van der Waals surface area contributed by atoms with E-state index in [4.69, 9.17) is 4.42 Å². The molecule has 1 amide bonds. The van der Waals surface area contributed by atoms with Crippen LogP contribution in [0.2, 0.25) is 0 Å². The monoisotopic (exact) mass is 328 g/mol. The summed E-state index contributed by atoms with van der Waals surface area (Å²) >= 11 is 0. The number of amides is 1. The van der Waals surface area contributed by atoms with Gasteiger partial charge in [0, 0.05) is 31.4 Å². The number of hydrogen-bond acceptors (Lipinski definition) is 5. The molecular weight excluding hydrogens is 308 g/mol. The molecule has 1 aliphatic heterocycles. The van der Waals surface area contributed by atoms with Crippen molar-refractivity contribution in [1.82, 2.24) is 9.88 Å². The van der Waals surface area contributed by atoms with Crippen LogP contribution in [0.3, 0.4) is 0 Å². The predicted molar refractivity (Wildman–Crippen MR) is 87.5 cm³/mol. The van der Waals surface area contributed by atoms with E-state index in [9.17, 15) is 14.7 Å². The molecule has 1 atom stereocenters. The number of nitrogens with zero attached hydrogens (tertiary/aromatic N) is 2. The number of carbonyl (C=O) groups excluding carboxylic acids is 1. The van der Waals surface area contributed by atoms with Crippen molar-refractivity contribution in [3.05, 3.63) is 64.0 Å². The van der Waals surface area contributed by atoms with E-state index in [0.29, 0.717) is 37.4 Å². The first kappa shape index (κ1) is 16.4. The Morgan fingerprint density at radius 3 is 2.71 bits per heavy atom. The highest BCUT2D eigenvalue weighted by Gasteiger charge is 2.30. The third-order valence-corrected chi connectivity index (χ3v) is 4.36. The summed E-state index contributed by atoms with van der Waals surface area (Å²) in [4.78, 5) is 29.9. The minimum absolute atomic E-state index is 0.0634. The Labute approximate surface area is 139 Å². The smallest absolute Gasteiger partial charge is 0.289 e. The van der Waals surface area contributed by atoms with Gasteiger partial charge in [0.2, 0.25) is 0 Å². The predicted octanol–water partition coefficient (Wildman–Crippen LogP) is 1.93. The fourth-order valence-electron chi connectivity index (χ4n) is 3.08. The zero-order valence-corrected chi connectivity index (χ0v) is 13.5. The average molecular weight is 328 g/mol. The minimum Gasteiger partial charge on any atom is -0.456 e. The molecule has 0 spiro atoms. The Bertz CT molecular complexity index is 764. The molecule has 6 nitrogen and oxygen atoms in total. The summed E-state index contributed by atoms with van der Waals surface area (Å²) in [7, 11) is 0. The molecular formula is C18H20N2O4. The number of carbonyl (C=O) groups is 1. The third-order valence-electron chi connectivity index (χ3n) is 4.36. The largest absolute Gasteiger partial charge is 0.456 e. The van der Waals surface area contributed by atoms with Crippen LogP contribution in [0.15, 0.2) is 45.7 Å². The first-order valence-corrected chi connectivity index (χ1v) is 8.04. The van der Waals surface area contributed by atoms with Crippen molar-refractivity contribution < 1.29 is 14.3 Å². The van der Waals surface area contributed by atoms with E-state index in [-0.39, 0.29) is 23.0 Å². The molecule has 1 fully saturated rings. The van der Waals surface area contributed by atoms with Gasteiger partial charge in [0.05, 0.1) is 11.8 Å². The van der Waals surface area contributed by atoms with Gasteiger partial charge in [-0.2, -0.15) is 0 Å². The molecule has 3 heterocycles. The summed E-state index contributed by atoms with van der Waals surface area (Å²) in [6.45, 7) is 2.68. The van der Waals surface area contributed by atoms with Gasteiger partial charge in [-0.25, -0.2) is 0 Å². The molecule has 24 heavy (non-hydrogen) atoms. The number of likely N-dealkylation sites (tertiary alicyclic amines) is 1. The minimum atomic E-state index is -0.625. The molecule has 3 rings (SSSR count). The Hall–Kier alpha value is -2.47. The van der Waals surface area contributed by atoms with Crippen molar-refractivity contribution in [2.24, 2.45) is 5.92 Å². The summed E-state index contributed by atoms with van der Waals surface area (Å²) < 4.78 is 5.37. The van der Waals surface area contributed by atoms with E-state index >= 15 is 0 Å². The number of aryl methyl sites for hydroxylation is 1. The van der Waals surface area contributed by atoms with Crippen LogP contribution in [0.5, 0.6) is 0 Å². The van der Waals surface area contributed by atoms with E-state index in [1.165, 1.54) is 12.1 Å². The zero-order chi connectivity index (χ0) is 17.1. The number of piperidine rings is 1. The van der Waals surface area contributed by atoms with Crippen molar-refractivity contribution in [3.8, 4) is 0 Å². The molecule has 2 aromatic rings. The highest BCUT2D eigenvalue weighted by molar-refractivity contribution is 5.91. The highest BCUT2D eigenvalue weighted by Crippen LogP contribution is 2.30. The number of aromatic nitrogens is 1. The summed E-state index contributed by atoms with van der Waals surface area (Å²) in [5.41, 5.74) is 0.425. The lowest BCUT2D eigenvalue weighted by molar-refractivity contribution is 0.0426. The Morgan fingerprint density at radius 1 is 1.33 bits per heavy atom. The Kier molecular flexibility index (Phi) is 4.76. The topological polar surface area (TPSA) is 83.6 Å². The maximum atomic E-state index is 12.5. The second-order valence-electron chi connectivity index (χ2n) is 6.10. The average Bonchev–Trinajstić information content (AvgIpc) is 2.60. The quantitative estimate of drug-likeness (QED) is 0.931. The highest BCUT2D eigenvalue weighted by atomic mass is 16.3. The van der Waals surface area contributed by atoms with Crippen molar-refractivity contribution in [2.75, 3.05) is 13.1 Å². The zero-order valence-electron chi connectivity index (χ0n) is 13.5. The van der Waals surface area contributed by atoms with Gasteiger partial charge < -0.3 is 14.4 Å². The maximum absolute atomic E-state index is 12.5. The van der Waals surface area contributed by atoms with Gasteiger partial charge in [-0.3, -0.25) is 14.6 Å². The molecule has 6 heteroatoms. The van der Waals surface area contributed by atoms with Crippen molar-refractivity contribution in [1.29, 1.82) is 0 Å². The van der Waals surface area contributed by atoms with Gasteiger partial charge in [-0.15, -0.1) is 0 Å². The molecule has 0 unspecified atom stereocenters. The number of hydrogen-bond donors (Lipinski definition) is 1. The molecule has 0 saturated carbocycles. The van der Waals surface area contributed by atoms with Crippen molar-refractivity contribution in [3.63, 3.8) is 0 Å². The maximum Gasteiger partial charge on any atom is 0.289 e. The first-order chi connectivity index (χ1) is 11.5. The number of pyridine rings is 1. The van der Waals surface area contributed by atoms with Gasteiger partial charge in [0.1, 0.15) is 5.76 Å². The van der Waals surface area contributed by atoms with Crippen LogP contribution in [0.25, 0.3) is 0 Å². The number of aliphatic hydroxyl groups excluding tert-OH is 1. The number of aliphatic hydroxyl groups is 1. The van der Waals surface area contributed by atoms with Crippen LogP contribution < -0.4 is 5.43 Å². The second kappa shape index (κ2) is 6.97. The Morgan fingerprint density at radius 2 is 2.08 bits per heavy atom. The second-order valence-corrected chi connectivity index (χ2v) is 6.10. The van der Waals surface area contributed by atoms with Crippen LogP contribution in [0.1, 0.15) is 41.0 Å². The van der Waals surface area contributed by atoms with Crippen LogP contribution in [-0.2, 0) is 0 Å². The van der Waals surface area contributed by atoms with E-state index in [1.807, 2.05) is 18.2 Å². The lowest BCUT2D eigenvalue weighted by Crippen LogP contribution is -2.40. The molecule has 1 aliphatic rings. The first-order valence-electron chi connectivity index (χ1n) is 8.04. The fraction of sp³-hybridized carbons (Fsp3) is 0.389. The van der Waals surface area contributed by atoms with Crippen LogP contribution in [0, 0.1) is 12.8 Å². The van der Waals surface area contributed by atoms with Gasteiger partial charge in [-0.05, 0) is 37.8 Å². The number of rotatable bonds is 3. The molecule has 126 valence electrons. The van der Waals surface area contributed by atoms with Gasteiger partial charge in [-0.1, -0.05) is 6.07 Å². The lowest BCUT2D eigenvalue weighted by atomic mass is 9.89. The van der Waals surface area contributed by atoms with E-state index in [1.54, 1.807) is 18.0 Å². The molecule has 2 aromatic heterocycles. The van der Waals surface area contributed by atoms with E-state index < -0.39 is 6.10 Å². The summed E-state index contributed by atoms with van der Waals surface area (Å²) in [6, 6.07) is 8.05. The lowest BCUT2D eigenvalue weighted by Gasteiger charge is -2.33. The van der Waals surface area contributed by atoms with Gasteiger partial charge in [0.25, 0.3) is 5.91 Å². The van der Waals surface area contributed by atoms with Gasteiger partial charge >= 0.3 is 0 Å². The molecule has 0 aliphatic carbocycles. The Balaban J connectivity index is 1.64. The van der Waals surface area contributed by atoms with E-state index in [0.717, 1.165) is 0 Å². The SMILES string of the molecule is Cc1cc(=O)cc(C(=O)N2CCC([C@@H](O)c3ccccn3)CC2)o1. The normalized spacial score (nSPS) is 16.8. The molecule has 1 saturated heterocycles. The molecule has 1 N–H and O–H groups in total. The van der Waals surface area contributed by atoms with Crippen molar-refractivity contribution >= 4 is 5.91 Å². The van der Waals surface area contributed by atoms with Crippen LogP contribution in [0.4, 0.5) is 0 Å². The molecule has 0 aromatic carbocycles. The van der Waals surface area contributed by atoms with E-state index in [2.05, 4.69) is 4.98 Å². The summed E-state index contributed by atoms with van der Waals surface area (Å²) in [5.74, 6) is 0.282. The van der Waals surface area contributed by atoms with Gasteiger partial charge in [0.15, 0.2) is 11.2 Å². The standard InChI is InChI=1S/C18H20N2O4/c1-12-10-14(21)11-16(24-12)18(23)20-8-5-13(6-9-20)17(22)15-4-2-3-7-19-15/h2-4,7,10-11,13,17,22H,5-6,8-9H2,1H3/t17-/m1/s1. The third kappa shape index (κ3) is 3.54. The van der Waals surface area contributed by atoms with Crippen molar-refractivity contribution in [2.45, 2.75) is 25.9 Å². The molecule has 0 radical (unpaired) electrons.